The van der Waals surface area contributed by atoms with E-state index >= 15 is 0 Å². The number of likely N-dealkylation sites (tertiary alicyclic amines) is 1. The Labute approximate surface area is 142 Å². The summed E-state index contributed by atoms with van der Waals surface area (Å²) in [6.07, 6.45) is 2.11. The van der Waals surface area contributed by atoms with E-state index in [0.29, 0.717) is 24.5 Å². The van der Waals surface area contributed by atoms with Gasteiger partial charge < -0.3 is 9.64 Å². The summed E-state index contributed by atoms with van der Waals surface area (Å²) < 4.78 is 4.70. The summed E-state index contributed by atoms with van der Waals surface area (Å²) in [4.78, 5) is 27.6. The van der Waals surface area contributed by atoms with E-state index in [-0.39, 0.29) is 24.5 Å². The van der Waals surface area contributed by atoms with Crippen molar-refractivity contribution in [3.8, 4) is 0 Å². The number of benzene rings is 1. The number of halogens is 1. The molecule has 0 spiro atoms. The van der Waals surface area contributed by atoms with Gasteiger partial charge in [0, 0.05) is 30.6 Å². The van der Waals surface area contributed by atoms with Crippen molar-refractivity contribution in [2.24, 2.45) is 0 Å². The first kappa shape index (κ1) is 17.8. The minimum Gasteiger partial charge on any atom is -0.468 e. The van der Waals surface area contributed by atoms with Crippen LogP contribution in [0.5, 0.6) is 0 Å². The third-order valence-electron chi connectivity index (χ3n) is 4.27. The Morgan fingerprint density at radius 1 is 1.43 bits per heavy atom. The van der Waals surface area contributed by atoms with E-state index in [0.717, 1.165) is 18.4 Å². The molecule has 0 aromatic heterocycles. The molecule has 0 radical (unpaired) electrons. The summed E-state index contributed by atoms with van der Waals surface area (Å²) in [5.41, 5.74) is 1.03. The number of rotatable bonds is 5. The Kier molecular flexibility index (Phi) is 6.42. The average molecular weight is 339 g/mol. The van der Waals surface area contributed by atoms with Gasteiger partial charge in [-0.15, -0.1) is 0 Å². The number of hydrogen-bond acceptors (Lipinski definition) is 4. The van der Waals surface area contributed by atoms with Gasteiger partial charge in [-0.05, 0) is 37.6 Å². The minimum absolute atomic E-state index is 0.152. The van der Waals surface area contributed by atoms with Gasteiger partial charge in [0.2, 0.25) is 5.91 Å². The second-order valence-electron chi connectivity index (χ2n) is 5.92. The number of hydrogen-bond donors (Lipinski definition) is 0. The van der Waals surface area contributed by atoms with Crippen molar-refractivity contribution in [1.29, 1.82) is 0 Å². The SMILES string of the molecule is COC(=O)CN(C)C1CCC(=O)N(Cc2cccc(Cl)c2)CC1. The zero-order valence-electron chi connectivity index (χ0n) is 13.6. The fourth-order valence-electron chi connectivity index (χ4n) is 2.88. The third kappa shape index (κ3) is 5.22. The van der Waals surface area contributed by atoms with Crippen LogP contribution >= 0.6 is 11.6 Å². The number of ether oxygens (including phenoxy) is 1. The lowest BCUT2D eigenvalue weighted by Crippen LogP contribution is -2.37. The van der Waals surface area contributed by atoms with Crippen LogP contribution in [0.4, 0.5) is 0 Å². The molecule has 23 heavy (non-hydrogen) atoms. The molecule has 1 aromatic carbocycles. The predicted molar refractivity (Wildman–Crippen MR) is 89.2 cm³/mol. The van der Waals surface area contributed by atoms with E-state index in [1.807, 2.05) is 41.1 Å². The Morgan fingerprint density at radius 3 is 2.91 bits per heavy atom. The first-order valence-electron chi connectivity index (χ1n) is 7.79. The zero-order chi connectivity index (χ0) is 16.8. The maximum Gasteiger partial charge on any atom is 0.319 e. The van der Waals surface area contributed by atoms with Crippen LogP contribution in [-0.2, 0) is 20.9 Å². The summed E-state index contributed by atoms with van der Waals surface area (Å²) in [5.74, 6) is -0.0993. The molecule has 1 heterocycles. The summed E-state index contributed by atoms with van der Waals surface area (Å²) in [6, 6.07) is 7.80. The highest BCUT2D eigenvalue weighted by Gasteiger charge is 2.25. The summed E-state index contributed by atoms with van der Waals surface area (Å²) in [6.45, 7) is 1.51. The molecule has 126 valence electrons. The first-order valence-corrected chi connectivity index (χ1v) is 8.16. The first-order chi connectivity index (χ1) is 11.0. The third-order valence-corrected chi connectivity index (χ3v) is 4.50. The topological polar surface area (TPSA) is 49.9 Å². The van der Waals surface area contributed by atoms with Crippen LogP contribution in [0, 0.1) is 0 Å². The highest BCUT2D eigenvalue weighted by Crippen LogP contribution is 2.20. The quantitative estimate of drug-likeness (QED) is 0.773. The van der Waals surface area contributed by atoms with Crippen LogP contribution in [0.1, 0.15) is 24.8 Å². The molecule has 1 aliphatic rings. The number of nitrogens with zero attached hydrogens (tertiary/aromatic N) is 2. The Hall–Kier alpha value is -1.59. The monoisotopic (exact) mass is 338 g/mol. The second-order valence-corrected chi connectivity index (χ2v) is 6.35. The molecule has 5 nitrogen and oxygen atoms in total. The molecule has 1 saturated heterocycles. The van der Waals surface area contributed by atoms with Crippen LogP contribution in [0.25, 0.3) is 0 Å². The summed E-state index contributed by atoms with van der Waals surface area (Å²) >= 11 is 6.00. The predicted octanol–water partition coefficient (Wildman–Crippen LogP) is 2.33. The maximum absolute atomic E-state index is 12.3. The van der Waals surface area contributed by atoms with Gasteiger partial charge in [-0.1, -0.05) is 23.7 Å². The number of likely N-dealkylation sites (N-methyl/N-ethyl adjacent to an activating group) is 1. The van der Waals surface area contributed by atoms with Crippen LogP contribution < -0.4 is 0 Å². The van der Waals surface area contributed by atoms with Crippen LogP contribution in [0.2, 0.25) is 5.02 Å². The normalized spacial score (nSPS) is 18.9. The van der Waals surface area contributed by atoms with Gasteiger partial charge in [-0.2, -0.15) is 0 Å². The fourth-order valence-corrected chi connectivity index (χ4v) is 3.10. The number of carbonyl (C=O) groups is 2. The summed E-state index contributed by atoms with van der Waals surface area (Å²) in [5, 5.41) is 0.681. The molecule has 1 amide bonds. The van der Waals surface area contributed by atoms with E-state index in [4.69, 9.17) is 16.3 Å². The van der Waals surface area contributed by atoms with Gasteiger partial charge in [0.15, 0.2) is 0 Å². The largest absolute Gasteiger partial charge is 0.468 e. The van der Waals surface area contributed by atoms with E-state index in [1.165, 1.54) is 7.11 Å². The van der Waals surface area contributed by atoms with Gasteiger partial charge in [0.1, 0.15) is 0 Å². The number of methoxy groups -OCH3 is 1. The molecular formula is C17H23ClN2O3. The van der Waals surface area contributed by atoms with Crippen molar-refractivity contribution in [2.75, 3.05) is 27.2 Å². The van der Waals surface area contributed by atoms with Gasteiger partial charge in [0.05, 0.1) is 13.7 Å². The molecule has 0 aliphatic carbocycles. The lowest BCUT2D eigenvalue weighted by Gasteiger charge is -2.26. The Morgan fingerprint density at radius 2 is 2.22 bits per heavy atom. The van der Waals surface area contributed by atoms with Gasteiger partial charge in [-0.3, -0.25) is 14.5 Å². The molecule has 0 saturated carbocycles. The van der Waals surface area contributed by atoms with Gasteiger partial charge in [0.25, 0.3) is 0 Å². The van der Waals surface area contributed by atoms with Crippen molar-refractivity contribution in [1.82, 2.24) is 9.80 Å². The van der Waals surface area contributed by atoms with Gasteiger partial charge in [-0.25, -0.2) is 0 Å². The smallest absolute Gasteiger partial charge is 0.319 e. The van der Waals surface area contributed by atoms with E-state index in [2.05, 4.69) is 0 Å². The number of esters is 1. The minimum atomic E-state index is -0.251. The molecule has 1 aliphatic heterocycles. The van der Waals surface area contributed by atoms with Crippen LogP contribution in [0.15, 0.2) is 24.3 Å². The van der Waals surface area contributed by atoms with Crippen molar-refractivity contribution < 1.29 is 14.3 Å². The van der Waals surface area contributed by atoms with Crippen LogP contribution in [0.3, 0.4) is 0 Å². The molecule has 1 atom stereocenters. The lowest BCUT2D eigenvalue weighted by atomic mass is 10.1. The van der Waals surface area contributed by atoms with E-state index in [1.54, 1.807) is 0 Å². The summed E-state index contributed by atoms with van der Waals surface area (Å²) in [7, 11) is 3.29. The van der Waals surface area contributed by atoms with E-state index in [9.17, 15) is 9.59 Å². The Balaban J connectivity index is 1.95. The molecule has 0 N–H and O–H groups in total. The van der Waals surface area contributed by atoms with Crippen LogP contribution in [-0.4, -0.2) is 55.0 Å². The van der Waals surface area contributed by atoms with E-state index < -0.39 is 0 Å². The molecule has 0 bridgehead atoms. The number of carbonyl (C=O) groups excluding carboxylic acids is 2. The standard InChI is InChI=1S/C17H23ClN2O3/c1-19(12-17(22)23-2)15-6-7-16(21)20(9-8-15)11-13-4-3-5-14(18)10-13/h3-5,10,15H,6-9,11-12H2,1-2H3. The highest BCUT2D eigenvalue weighted by molar-refractivity contribution is 6.30. The molecular weight excluding hydrogens is 316 g/mol. The molecule has 1 unspecified atom stereocenters. The Bertz CT molecular complexity index is 565. The fraction of sp³-hybridized carbons (Fsp3) is 0.529. The second kappa shape index (κ2) is 8.31. The van der Waals surface area contributed by atoms with Crippen molar-refractivity contribution in [3.63, 3.8) is 0 Å². The molecule has 6 heteroatoms. The zero-order valence-corrected chi connectivity index (χ0v) is 14.4. The van der Waals surface area contributed by atoms with Crippen molar-refractivity contribution >= 4 is 23.5 Å². The molecule has 2 rings (SSSR count). The number of amides is 1. The van der Waals surface area contributed by atoms with Crippen molar-refractivity contribution in [2.45, 2.75) is 31.8 Å². The molecule has 1 fully saturated rings. The highest BCUT2D eigenvalue weighted by atomic mass is 35.5. The molecule has 1 aromatic rings. The maximum atomic E-state index is 12.3. The average Bonchev–Trinajstić information content (AvgIpc) is 2.70. The lowest BCUT2D eigenvalue weighted by molar-refractivity contribution is -0.142. The van der Waals surface area contributed by atoms with Crippen molar-refractivity contribution in [3.05, 3.63) is 34.9 Å². The van der Waals surface area contributed by atoms with Gasteiger partial charge >= 0.3 is 5.97 Å².